The molecule has 65 heavy (non-hydrogen) atoms. The molecule has 0 unspecified atom stereocenters. The normalized spacial score (nSPS) is 15.6. The average molecular weight is 882 g/mol. The van der Waals surface area contributed by atoms with E-state index in [0.29, 0.717) is 0 Å². The first-order valence-corrected chi connectivity index (χ1v) is 25.5. The van der Waals surface area contributed by atoms with Crippen molar-refractivity contribution in [2.45, 2.75) is 157 Å². The molecule has 3 heterocycles. The Morgan fingerprint density at radius 1 is 0.277 bits per heavy atom. The zero-order valence-electron chi connectivity index (χ0n) is 42.6. The summed E-state index contributed by atoms with van der Waals surface area (Å²) in [6.07, 6.45) is 0. The lowest BCUT2D eigenvalue weighted by Crippen LogP contribution is -2.48. The van der Waals surface area contributed by atoms with Crippen LogP contribution in [0.5, 0.6) is 0 Å². The zero-order chi connectivity index (χ0) is 47.4. The highest BCUT2D eigenvalue weighted by molar-refractivity contribution is 7.87. The van der Waals surface area contributed by atoms with Crippen molar-refractivity contribution in [3.05, 3.63) is 143 Å². The summed E-state index contributed by atoms with van der Waals surface area (Å²) < 4.78 is 17.9. The first-order chi connectivity index (χ1) is 29.9. The minimum Gasteiger partial charge on any atom is -0.309 e. The second-order valence-corrected chi connectivity index (χ2v) is 27.9. The van der Waals surface area contributed by atoms with Crippen molar-refractivity contribution in [2.24, 2.45) is 0 Å². The molecule has 0 atom stereocenters. The highest BCUT2D eigenvalue weighted by Crippen LogP contribution is 2.68. The van der Waals surface area contributed by atoms with Gasteiger partial charge >= 0.3 is 0 Å². The van der Waals surface area contributed by atoms with Crippen molar-refractivity contribution in [3.63, 3.8) is 0 Å². The van der Waals surface area contributed by atoms with Crippen molar-refractivity contribution in [2.75, 3.05) is 14.7 Å². The second-order valence-electron chi connectivity index (χ2n) is 25.3. The quantitative estimate of drug-likeness (QED) is 0.165. The van der Waals surface area contributed by atoms with Gasteiger partial charge in [0.2, 0.25) is 0 Å². The molecule has 3 aliphatic rings. The molecule has 9 rings (SSSR count). The van der Waals surface area contributed by atoms with Crippen molar-refractivity contribution >= 4 is 74.2 Å². The third-order valence-corrected chi connectivity index (χ3v) is 17.4. The van der Waals surface area contributed by atoms with Gasteiger partial charge in [0.25, 0.3) is 0 Å². The molecule has 0 radical (unpaired) electrons. The largest absolute Gasteiger partial charge is 0.309 e. The van der Waals surface area contributed by atoms with Crippen molar-refractivity contribution in [3.8, 4) is 0 Å². The number of rotatable bonds is 3. The van der Waals surface area contributed by atoms with E-state index in [9.17, 15) is 0 Å². The van der Waals surface area contributed by atoms with Gasteiger partial charge in [-0.15, -0.1) is 0 Å². The third kappa shape index (κ3) is 7.20. The minimum absolute atomic E-state index is 0.00907. The standard InChI is InChI=1S/C60H72N3OP/c1-55(2,3)37-19-25-43(26-20-37)61-46-31-40(58(10,11)12)33-48-52(46)65(64)53-47(61)32-41(59(13,14)15)34-49(53)63(45-29-23-39(24-30-45)57(7,8)9)51-36-42(60(16,17)18)35-50(54(51)65)62(48)44-27-21-38(22-28-44)56(4,5)6/h19-36H,1-18H3. The smallest absolute Gasteiger partial charge is 0.183 e. The number of benzene rings is 6. The lowest BCUT2D eigenvalue weighted by Gasteiger charge is -2.51. The molecule has 6 aromatic carbocycles. The van der Waals surface area contributed by atoms with Gasteiger partial charge in [0.05, 0.1) is 50.0 Å². The summed E-state index contributed by atoms with van der Waals surface area (Å²) in [4.78, 5) is 7.39. The molecule has 4 nitrogen and oxygen atoms in total. The summed E-state index contributed by atoms with van der Waals surface area (Å²) in [6, 6.07) is 41.7. The van der Waals surface area contributed by atoms with Gasteiger partial charge in [0.1, 0.15) is 0 Å². The molecule has 5 heteroatoms. The summed E-state index contributed by atoms with van der Waals surface area (Å²) in [5.74, 6) is 0. The molecule has 0 bridgehead atoms. The maximum absolute atomic E-state index is 17.9. The Balaban J connectivity index is 1.50. The Morgan fingerprint density at radius 3 is 0.600 bits per heavy atom. The number of hydrogen-bond donors (Lipinski definition) is 0. The van der Waals surface area contributed by atoms with Crippen molar-refractivity contribution in [1.29, 1.82) is 0 Å². The molecule has 0 N–H and O–H groups in total. The molecule has 0 aromatic heterocycles. The van der Waals surface area contributed by atoms with Gasteiger partial charge in [-0.25, -0.2) is 0 Å². The Hall–Kier alpha value is -5.05. The predicted molar refractivity (Wildman–Crippen MR) is 283 cm³/mol. The molecule has 0 saturated carbocycles. The van der Waals surface area contributed by atoms with Crippen LogP contribution in [0, 0.1) is 0 Å². The monoisotopic (exact) mass is 882 g/mol. The molecule has 0 spiro atoms. The van der Waals surface area contributed by atoms with E-state index < -0.39 is 7.14 Å². The summed E-state index contributed by atoms with van der Waals surface area (Å²) in [7, 11) is -3.61. The highest BCUT2D eigenvalue weighted by atomic mass is 31.2. The minimum atomic E-state index is -3.61. The fourth-order valence-electron chi connectivity index (χ4n) is 9.99. The van der Waals surface area contributed by atoms with E-state index in [0.717, 1.165) is 67.1 Å². The SMILES string of the molecule is CC(C)(C)c1ccc(N2c3cc(C(C)(C)C)cc4c3P3(=O)c5c2cc(C(C)(C)C)cc5N(c2ccc(C(C)(C)C)cc2)c2cc(C(C)(C)C)cc(c23)N4c2ccc(C(C)(C)C)cc2)cc1. The molecule has 0 saturated heterocycles. The number of nitrogens with zero attached hydrogens (tertiary/aromatic N) is 3. The molecule has 338 valence electrons. The van der Waals surface area contributed by atoms with Crippen LogP contribution in [0.1, 0.15) is 158 Å². The van der Waals surface area contributed by atoms with E-state index in [4.69, 9.17) is 0 Å². The van der Waals surface area contributed by atoms with Crippen LogP contribution in [0.15, 0.2) is 109 Å². The molecular weight excluding hydrogens is 810 g/mol. The van der Waals surface area contributed by atoms with E-state index in [1.807, 2.05) is 0 Å². The van der Waals surface area contributed by atoms with Crippen LogP contribution in [0.2, 0.25) is 0 Å². The average Bonchev–Trinajstić information content (AvgIpc) is 3.19. The van der Waals surface area contributed by atoms with Crippen LogP contribution < -0.4 is 30.6 Å². The van der Waals surface area contributed by atoms with Crippen LogP contribution in [0.4, 0.5) is 51.2 Å². The van der Waals surface area contributed by atoms with Crippen LogP contribution in [-0.4, -0.2) is 0 Å². The van der Waals surface area contributed by atoms with E-state index >= 15 is 4.57 Å². The lowest BCUT2D eigenvalue weighted by atomic mass is 9.84. The van der Waals surface area contributed by atoms with Gasteiger partial charge < -0.3 is 19.3 Å². The number of anilines is 9. The van der Waals surface area contributed by atoms with Gasteiger partial charge in [-0.2, -0.15) is 0 Å². The first kappa shape index (κ1) is 45.1. The maximum Gasteiger partial charge on any atom is 0.183 e. The third-order valence-electron chi connectivity index (χ3n) is 14.2. The molecule has 3 aliphatic heterocycles. The molecule has 0 fully saturated rings. The van der Waals surface area contributed by atoms with Crippen LogP contribution in [0.3, 0.4) is 0 Å². The zero-order valence-corrected chi connectivity index (χ0v) is 43.5. The maximum atomic E-state index is 17.9. The molecular formula is C60H72N3OP. The van der Waals surface area contributed by atoms with Gasteiger partial charge in [-0.3, -0.25) is 0 Å². The molecule has 0 aliphatic carbocycles. The summed E-state index contributed by atoms with van der Waals surface area (Å²) in [6.45, 7) is 41.2. The highest BCUT2D eigenvalue weighted by Gasteiger charge is 2.55. The fourth-order valence-corrected chi connectivity index (χ4v) is 13.6. The van der Waals surface area contributed by atoms with Gasteiger partial charge in [-0.05, 0) is 139 Å². The Kier molecular flexibility index (Phi) is 9.88. The summed E-state index contributed by atoms with van der Waals surface area (Å²) in [5.41, 5.74) is 16.0. The van der Waals surface area contributed by atoms with Gasteiger partial charge in [-0.1, -0.05) is 161 Å². The van der Waals surface area contributed by atoms with Crippen LogP contribution in [-0.2, 0) is 37.1 Å². The Morgan fingerprint density at radius 2 is 0.446 bits per heavy atom. The fraction of sp³-hybridized carbons (Fsp3) is 0.400. The van der Waals surface area contributed by atoms with Gasteiger partial charge in [0, 0.05) is 17.1 Å². The summed E-state index contributed by atoms with van der Waals surface area (Å²) in [5, 5.41) is 2.76. The topological polar surface area (TPSA) is 26.8 Å². The molecule has 6 aromatic rings. The number of hydrogen-bond acceptors (Lipinski definition) is 4. The second kappa shape index (κ2) is 14.2. The van der Waals surface area contributed by atoms with E-state index in [-0.39, 0.29) is 32.5 Å². The Labute approximate surface area is 391 Å². The molecule has 0 amide bonds. The first-order valence-electron chi connectivity index (χ1n) is 23.8. The van der Waals surface area contributed by atoms with E-state index in [1.165, 1.54) is 33.4 Å². The lowest BCUT2D eigenvalue weighted by molar-refractivity contribution is 0.585. The summed E-state index contributed by atoms with van der Waals surface area (Å²) >= 11 is 0. The van der Waals surface area contributed by atoms with E-state index in [1.54, 1.807) is 0 Å². The Bertz CT molecular complexity index is 2530. The van der Waals surface area contributed by atoms with E-state index in [2.05, 4.69) is 249 Å². The van der Waals surface area contributed by atoms with Crippen LogP contribution in [0.25, 0.3) is 0 Å². The predicted octanol–water partition coefficient (Wildman–Crippen LogP) is 16.5. The van der Waals surface area contributed by atoms with Crippen LogP contribution >= 0.6 is 7.14 Å². The van der Waals surface area contributed by atoms with Crippen molar-refractivity contribution < 1.29 is 4.57 Å². The van der Waals surface area contributed by atoms with Crippen molar-refractivity contribution in [1.82, 2.24) is 0 Å². The van der Waals surface area contributed by atoms with Gasteiger partial charge in [0.15, 0.2) is 7.14 Å².